The van der Waals surface area contributed by atoms with E-state index in [9.17, 15) is 4.79 Å². The van der Waals surface area contributed by atoms with Crippen molar-refractivity contribution < 1.29 is 4.79 Å². The number of likely N-dealkylation sites (tertiary alicyclic amines) is 1. The van der Waals surface area contributed by atoms with Crippen molar-refractivity contribution in [1.82, 2.24) is 15.6 Å². The second-order valence-electron chi connectivity index (χ2n) is 3.78. The first-order chi connectivity index (χ1) is 7.77. The number of piperidine rings is 1. The van der Waals surface area contributed by atoms with Gasteiger partial charge in [0, 0.05) is 19.6 Å². The Balaban J connectivity index is 2.37. The predicted molar refractivity (Wildman–Crippen MR) is 63.7 cm³/mol. The van der Waals surface area contributed by atoms with Gasteiger partial charge in [0.15, 0.2) is 0 Å². The van der Waals surface area contributed by atoms with Gasteiger partial charge in [-0.3, -0.25) is 10.2 Å². The Morgan fingerprint density at radius 1 is 1.38 bits per heavy atom. The van der Waals surface area contributed by atoms with Gasteiger partial charge in [0.1, 0.15) is 6.54 Å². The maximum absolute atomic E-state index is 11.7. The van der Waals surface area contributed by atoms with E-state index in [1.54, 1.807) is 0 Å². The molecule has 1 amide bonds. The number of amides is 1. The van der Waals surface area contributed by atoms with Gasteiger partial charge in [-0.2, -0.15) is 0 Å². The number of hydrogen-bond acceptors (Lipinski definition) is 3. The van der Waals surface area contributed by atoms with E-state index < -0.39 is 0 Å². The SMILES string of the molecule is CCNC(=NCC(=O)N1CCCCC1)NN. The summed E-state index contributed by atoms with van der Waals surface area (Å²) < 4.78 is 0. The zero-order valence-corrected chi connectivity index (χ0v) is 9.83. The normalized spacial score (nSPS) is 17.1. The van der Waals surface area contributed by atoms with Gasteiger partial charge >= 0.3 is 0 Å². The molecular weight excluding hydrogens is 206 g/mol. The molecule has 0 unspecified atom stereocenters. The predicted octanol–water partition coefficient (Wildman–Crippen LogP) is -0.572. The van der Waals surface area contributed by atoms with Crippen LogP contribution in [0.15, 0.2) is 4.99 Å². The summed E-state index contributed by atoms with van der Waals surface area (Å²) in [4.78, 5) is 17.7. The fourth-order valence-electron chi connectivity index (χ4n) is 1.71. The zero-order chi connectivity index (χ0) is 11.8. The van der Waals surface area contributed by atoms with Crippen molar-refractivity contribution in [3.63, 3.8) is 0 Å². The highest BCUT2D eigenvalue weighted by Gasteiger charge is 2.15. The van der Waals surface area contributed by atoms with Gasteiger partial charge in [-0.15, -0.1) is 0 Å². The molecule has 0 atom stereocenters. The summed E-state index contributed by atoms with van der Waals surface area (Å²) in [7, 11) is 0. The number of hydrazine groups is 1. The van der Waals surface area contributed by atoms with E-state index in [1.807, 2.05) is 11.8 Å². The zero-order valence-electron chi connectivity index (χ0n) is 9.83. The van der Waals surface area contributed by atoms with Gasteiger partial charge in [-0.25, -0.2) is 10.8 Å². The molecule has 4 N–H and O–H groups in total. The topological polar surface area (TPSA) is 82.8 Å². The van der Waals surface area contributed by atoms with Crippen LogP contribution in [0.2, 0.25) is 0 Å². The Morgan fingerprint density at radius 2 is 2.06 bits per heavy atom. The van der Waals surface area contributed by atoms with Crippen LogP contribution < -0.4 is 16.6 Å². The van der Waals surface area contributed by atoms with Crippen LogP contribution in [-0.4, -0.2) is 42.9 Å². The second-order valence-corrected chi connectivity index (χ2v) is 3.78. The Labute approximate surface area is 96.2 Å². The van der Waals surface area contributed by atoms with Crippen molar-refractivity contribution in [1.29, 1.82) is 0 Å². The molecule has 1 aliphatic rings. The number of aliphatic imine (C=N–C) groups is 1. The number of carbonyl (C=O) groups excluding carboxylic acids is 1. The molecule has 0 bridgehead atoms. The highest BCUT2D eigenvalue weighted by molar-refractivity contribution is 5.84. The Bertz CT molecular complexity index is 248. The van der Waals surface area contributed by atoms with Crippen molar-refractivity contribution >= 4 is 11.9 Å². The minimum Gasteiger partial charge on any atom is -0.356 e. The summed E-state index contributed by atoms with van der Waals surface area (Å²) in [6.45, 7) is 4.55. The third-order valence-corrected chi connectivity index (χ3v) is 2.56. The van der Waals surface area contributed by atoms with Gasteiger partial charge < -0.3 is 10.2 Å². The minimum absolute atomic E-state index is 0.0744. The Morgan fingerprint density at radius 3 is 2.62 bits per heavy atom. The summed E-state index contributed by atoms with van der Waals surface area (Å²) >= 11 is 0. The lowest BCUT2D eigenvalue weighted by atomic mass is 10.1. The number of carbonyl (C=O) groups is 1. The van der Waals surface area contributed by atoms with Crippen LogP contribution in [0.3, 0.4) is 0 Å². The third kappa shape index (κ3) is 4.06. The quantitative estimate of drug-likeness (QED) is 0.261. The number of guanidine groups is 1. The van der Waals surface area contributed by atoms with E-state index in [4.69, 9.17) is 5.84 Å². The summed E-state index contributed by atoms with van der Waals surface area (Å²) in [5, 5.41) is 2.93. The Kier molecular flexibility index (Phi) is 5.63. The molecular formula is C10H21N5O. The van der Waals surface area contributed by atoms with E-state index in [2.05, 4.69) is 15.7 Å². The number of rotatable bonds is 3. The minimum atomic E-state index is 0.0744. The van der Waals surface area contributed by atoms with Gasteiger partial charge in [0.05, 0.1) is 0 Å². The lowest BCUT2D eigenvalue weighted by Gasteiger charge is -2.26. The maximum atomic E-state index is 11.7. The highest BCUT2D eigenvalue weighted by atomic mass is 16.2. The van der Waals surface area contributed by atoms with Crippen molar-refractivity contribution in [2.45, 2.75) is 26.2 Å². The fraction of sp³-hybridized carbons (Fsp3) is 0.800. The first-order valence-corrected chi connectivity index (χ1v) is 5.80. The van der Waals surface area contributed by atoms with Crippen LogP contribution >= 0.6 is 0 Å². The molecule has 16 heavy (non-hydrogen) atoms. The smallest absolute Gasteiger partial charge is 0.244 e. The van der Waals surface area contributed by atoms with Crippen molar-refractivity contribution in [2.75, 3.05) is 26.2 Å². The largest absolute Gasteiger partial charge is 0.356 e. The monoisotopic (exact) mass is 227 g/mol. The molecule has 1 heterocycles. The van der Waals surface area contributed by atoms with Crippen LogP contribution in [0.4, 0.5) is 0 Å². The standard InChI is InChI=1S/C10H21N5O/c1-2-12-10(14-11)13-8-9(16)15-6-4-3-5-7-15/h2-8,11H2,1H3,(H2,12,13,14). The molecule has 1 saturated heterocycles. The van der Waals surface area contributed by atoms with E-state index in [0.29, 0.717) is 5.96 Å². The fourth-order valence-corrected chi connectivity index (χ4v) is 1.71. The van der Waals surface area contributed by atoms with E-state index in [1.165, 1.54) is 6.42 Å². The molecule has 6 nitrogen and oxygen atoms in total. The lowest BCUT2D eigenvalue weighted by molar-refractivity contribution is -0.130. The molecule has 0 aromatic carbocycles. The molecule has 0 spiro atoms. The molecule has 1 aliphatic heterocycles. The van der Waals surface area contributed by atoms with Gasteiger partial charge in [0.2, 0.25) is 11.9 Å². The van der Waals surface area contributed by atoms with Crippen molar-refractivity contribution in [3.8, 4) is 0 Å². The van der Waals surface area contributed by atoms with Crippen LogP contribution in [-0.2, 0) is 4.79 Å². The second kappa shape index (κ2) is 7.05. The lowest BCUT2D eigenvalue weighted by Crippen LogP contribution is -2.43. The van der Waals surface area contributed by atoms with Crippen LogP contribution in [0, 0.1) is 0 Å². The molecule has 92 valence electrons. The molecule has 1 rings (SSSR count). The van der Waals surface area contributed by atoms with Gasteiger partial charge in [-0.05, 0) is 26.2 Å². The molecule has 0 aliphatic carbocycles. The van der Waals surface area contributed by atoms with Crippen LogP contribution in [0.5, 0.6) is 0 Å². The first-order valence-electron chi connectivity index (χ1n) is 5.80. The summed E-state index contributed by atoms with van der Waals surface area (Å²) in [6, 6.07) is 0. The average molecular weight is 227 g/mol. The number of nitrogens with one attached hydrogen (secondary N) is 2. The molecule has 1 fully saturated rings. The summed E-state index contributed by atoms with van der Waals surface area (Å²) in [6.07, 6.45) is 3.43. The Hall–Kier alpha value is -1.30. The molecule has 0 aromatic heterocycles. The van der Waals surface area contributed by atoms with Crippen molar-refractivity contribution in [2.24, 2.45) is 10.8 Å². The van der Waals surface area contributed by atoms with E-state index in [-0.39, 0.29) is 12.5 Å². The van der Waals surface area contributed by atoms with Crippen LogP contribution in [0.25, 0.3) is 0 Å². The average Bonchev–Trinajstić information content (AvgIpc) is 2.35. The number of nitrogens with two attached hydrogens (primary N) is 1. The molecule has 0 aromatic rings. The summed E-state index contributed by atoms with van der Waals surface area (Å²) in [5.41, 5.74) is 2.43. The maximum Gasteiger partial charge on any atom is 0.244 e. The van der Waals surface area contributed by atoms with E-state index >= 15 is 0 Å². The van der Waals surface area contributed by atoms with E-state index in [0.717, 1.165) is 32.5 Å². The molecule has 6 heteroatoms. The highest BCUT2D eigenvalue weighted by Crippen LogP contribution is 2.08. The molecule has 0 saturated carbocycles. The summed E-state index contributed by atoms with van der Waals surface area (Å²) in [5.74, 6) is 5.80. The van der Waals surface area contributed by atoms with Gasteiger partial charge in [0.25, 0.3) is 0 Å². The molecule has 0 radical (unpaired) electrons. The van der Waals surface area contributed by atoms with Gasteiger partial charge in [-0.1, -0.05) is 0 Å². The number of nitrogens with zero attached hydrogens (tertiary/aromatic N) is 2. The van der Waals surface area contributed by atoms with Crippen LogP contribution in [0.1, 0.15) is 26.2 Å². The number of hydrogen-bond donors (Lipinski definition) is 3. The third-order valence-electron chi connectivity index (χ3n) is 2.56. The van der Waals surface area contributed by atoms with Crippen molar-refractivity contribution in [3.05, 3.63) is 0 Å². The first kappa shape index (κ1) is 12.8.